The number of amides is 1. The molecule has 55 heavy (non-hydrogen) atoms. The van der Waals surface area contributed by atoms with Crippen LogP contribution < -0.4 is 5.32 Å². The van der Waals surface area contributed by atoms with Gasteiger partial charge in [0.2, 0.25) is 5.91 Å². The van der Waals surface area contributed by atoms with Crippen molar-refractivity contribution in [2.75, 3.05) is 40.9 Å². The highest BCUT2D eigenvalue weighted by Gasteiger charge is 2.28. The summed E-state index contributed by atoms with van der Waals surface area (Å²) in [5.74, 6) is -0.141. The Balaban J connectivity index is 4.11. The maximum Gasteiger partial charge on any atom is 0.472 e. The fourth-order valence-corrected chi connectivity index (χ4v) is 8.02. The number of aliphatic hydroxyl groups is 1. The number of phosphoric ester groups is 1. The van der Waals surface area contributed by atoms with Gasteiger partial charge in [-0.15, -0.1) is 0 Å². The molecular formula is C46H96N2O6P+. The number of nitrogens with zero attached hydrogens (tertiary/aromatic N) is 1. The summed E-state index contributed by atoms with van der Waals surface area (Å²) in [7, 11) is 1.63. The molecule has 0 saturated carbocycles. The Morgan fingerprint density at radius 3 is 1.22 bits per heavy atom. The molecule has 0 aromatic heterocycles. The van der Waals surface area contributed by atoms with E-state index in [0.717, 1.165) is 38.5 Å². The monoisotopic (exact) mass is 804 g/mol. The second kappa shape index (κ2) is 39.0. The van der Waals surface area contributed by atoms with Gasteiger partial charge in [0.15, 0.2) is 0 Å². The summed E-state index contributed by atoms with van der Waals surface area (Å²) in [6.45, 7) is 4.90. The Hall–Kier alpha value is -0.500. The number of hydrogen-bond acceptors (Lipinski definition) is 5. The van der Waals surface area contributed by atoms with E-state index >= 15 is 0 Å². The molecule has 0 fully saturated rings. The van der Waals surface area contributed by atoms with Crippen LogP contribution in [0.2, 0.25) is 0 Å². The standard InChI is InChI=1S/C46H95N2O6P/c1-6-8-10-12-14-16-18-19-20-21-22-23-24-25-26-27-28-29-30-32-34-36-38-40-46(50)47-44(43-54-55(51,52)53-42-41-48(3,4)5)45(49)39-37-35-33-31-17-15-13-11-9-7-2/h44-45,49H,6-43H2,1-5H3,(H-,47,50,51,52)/p+1. The molecule has 0 aromatic carbocycles. The smallest absolute Gasteiger partial charge is 0.391 e. The van der Waals surface area contributed by atoms with Crippen molar-refractivity contribution >= 4 is 13.7 Å². The number of hydrogen-bond donors (Lipinski definition) is 3. The van der Waals surface area contributed by atoms with Gasteiger partial charge >= 0.3 is 7.82 Å². The summed E-state index contributed by atoms with van der Waals surface area (Å²) in [6, 6.07) is -0.752. The number of carbonyl (C=O) groups excluding carboxylic acids is 1. The maximum atomic E-state index is 12.9. The quantitative estimate of drug-likeness (QED) is 0.0322. The molecule has 0 rings (SSSR count). The van der Waals surface area contributed by atoms with Crippen molar-refractivity contribution in [2.24, 2.45) is 0 Å². The molecular weight excluding hydrogens is 707 g/mol. The number of nitrogens with one attached hydrogen (secondary N) is 1. The van der Waals surface area contributed by atoms with Crippen molar-refractivity contribution in [2.45, 2.75) is 251 Å². The Bertz CT molecular complexity index is 870. The number of rotatable bonds is 44. The molecule has 0 heterocycles. The lowest BCUT2D eigenvalue weighted by Crippen LogP contribution is -2.46. The molecule has 3 atom stereocenters. The molecule has 0 bridgehead atoms. The highest BCUT2D eigenvalue weighted by atomic mass is 31.2. The first-order valence-electron chi connectivity index (χ1n) is 23.9. The first kappa shape index (κ1) is 54.5. The minimum absolute atomic E-state index is 0.0784. The molecule has 0 aromatic rings. The zero-order valence-corrected chi connectivity index (χ0v) is 38.3. The molecule has 330 valence electrons. The van der Waals surface area contributed by atoms with Gasteiger partial charge in [-0.05, 0) is 12.8 Å². The van der Waals surface area contributed by atoms with Gasteiger partial charge in [0.1, 0.15) is 13.2 Å². The van der Waals surface area contributed by atoms with Crippen LogP contribution in [0.4, 0.5) is 0 Å². The van der Waals surface area contributed by atoms with Gasteiger partial charge in [0.25, 0.3) is 0 Å². The van der Waals surface area contributed by atoms with Crippen molar-refractivity contribution in [1.82, 2.24) is 5.32 Å². The van der Waals surface area contributed by atoms with E-state index < -0.39 is 20.0 Å². The van der Waals surface area contributed by atoms with E-state index in [0.29, 0.717) is 23.9 Å². The van der Waals surface area contributed by atoms with Gasteiger partial charge in [0.05, 0.1) is 39.9 Å². The molecule has 0 saturated heterocycles. The van der Waals surface area contributed by atoms with Crippen LogP contribution in [-0.2, 0) is 18.4 Å². The molecule has 0 aliphatic heterocycles. The van der Waals surface area contributed by atoms with Crippen molar-refractivity contribution in [3.8, 4) is 0 Å². The molecule has 0 radical (unpaired) electrons. The number of carbonyl (C=O) groups is 1. The van der Waals surface area contributed by atoms with Crippen LogP contribution in [0.15, 0.2) is 0 Å². The topological polar surface area (TPSA) is 105 Å². The Kier molecular flexibility index (Phi) is 38.6. The lowest BCUT2D eigenvalue weighted by Gasteiger charge is -2.26. The highest BCUT2D eigenvalue weighted by Crippen LogP contribution is 2.43. The Morgan fingerprint density at radius 2 is 0.873 bits per heavy atom. The van der Waals surface area contributed by atoms with Crippen LogP contribution in [0, 0.1) is 0 Å². The zero-order chi connectivity index (χ0) is 40.7. The van der Waals surface area contributed by atoms with Gasteiger partial charge in [-0.25, -0.2) is 4.57 Å². The predicted octanol–water partition coefficient (Wildman–Crippen LogP) is 13.4. The molecule has 0 spiro atoms. The molecule has 3 unspecified atom stereocenters. The second-order valence-electron chi connectivity index (χ2n) is 17.9. The largest absolute Gasteiger partial charge is 0.472 e. The molecule has 3 N–H and O–H groups in total. The lowest BCUT2D eigenvalue weighted by atomic mass is 10.0. The van der Waals surface area contributed by atoms with E-state index in [-0.39, 0.29) is 19.1 Å². The highest BCUT2D eigenvalue weighted by molar-refractivity contribution is 7.47. The van der Waals surface area contributed by atoms with Crippen molar-refractivity contribution in [1.29, 1.82) is 0 Å². The van der Waals surface area contributed by atoms with Crippen LogP contribution >= 0.6 is 7.82 Å². The third-order valence-corrected chi connectivity index (χ3v) is 12.1. The molecule has 0 aliphatic rings. The van der Waals surface area contributed by atoms with Gasteiger partial charge in [0, 0.05) is 6.42 Å². The SMILES string of the molecule is CCCCCCCCCCCCCCCCCCCCCCCCCC(=O)NC(COP(=O)(O)OCC[N+](C)(C)C)C(O)CCCCCCCCCCCC. The fraction of sp³-hybridized carbons (Fsp3) is 0.978. The number of likely N-dealkylation sites (N-methyl/N-ethyl adjacent to an activating group) is 1. The van der Waals surface area contributed by atoms with Gasteiger partial charge in [-0.2, -0.15) is 0 Å². The predicted molar refractivity (Wildman–Crippen MR) is 236 cm³/mol. The van der Waals surface area contributed by atoms with Crippen molar-refractivity contribution in [3.63, 3.8) is 0 Å². The summed E-state index contributed by atoms with van der Waals surface area (Å²) >= 11 is 0. The molecule has 8 nitrogen and oxygen atoms in total. The number of aliphatic hydroxyl groups excluding tert-OH is 1. The third kappa shape index (κ3) is 41.5. The Morgan fingerprint density at radius 1 is 0.545 bits per heavy atom. The minimum Gasteiger partial charge on any atom is -0.391 e. The normalized spacial score (nSPS) is 14.2. The first-order chi connectivity index (χ1) is 26.5. The Labute approximate surface area is 342 Å². The van der Waals surface area contributed by atoms with Crippen molar-refractivity contribution in [3.05, 3.63) is 0 Å². The summed E-state index contributed by atoms with van der Waals surface area (Å²) in [5.41, 5.74) is 0. The number of quaternary nitrogens is 1. The minimum atomic E-state index is -4.30. The number of unbranched alkanes of at least 4 members (excludes halogenated alkanes) is 31. The summed E-state index contributed by atoms with van der Waals surface area (Å²) in [5, 5.41) is 13.9. The second-order valence-corrected chi connectivity index (χ2v) is 19.3. The van der Waals surface area contributed by atoms with Crippen LogP contribution in [0.25, 0.3) is 0 Å². The summed E-state index contributed by atoms with van der Waals surface area (Å²) in [6.07, 6.45) is 42.9. The lowest BCUT2D eigenvalue weighted by molar-refractivity contribution is -0.870. The average molecular weight is 804 g/mol. The average Bonchev–Trinajstić information content (AvgIpc) is 3.13. The molecule has 9 heteroatoms. The fourth-order valence-electron chi connectivity index (χ4n) is 7.28. The number of phosphoric acid groups is 1. The zero-order valence-electron chi connectivity index (χ0n) is 37.4. The van der Waals surface area contributed by atoms with E-state index in [9.17, 15) is 19.4 Å². The van der Waals surface area contributed by atoms with E-state index in [1.807, 2.05) is 21.1 Å². The van der Waals surface area contributed by atoms with Gasteiger partial charge < -0.3 is 19.8 Å². The summed E-state index contributed by atoms with van der Waals surface area (Å²) < 4.78 is 23.6. The first-order valence-corrected chi connectivity index (χ1v) is 25.4. The van der Waals surface area contributed by atoms with E-state index in [1.54, 1.807) is 0 Å². The van der Waals surface area contributed by atoms with Gasteiger partial charge in [-0.3, -0.25) is 13.8 Å². The van der Waals surface area contributed by atoms with Crippen LogP contribution in [0.1, 0.15) is 239 Å². The summed E-state index contributed by atoms with van der Waals surface area (Å²) in [4.78, 5) is 23.1. The van der Waals surface area contributed by atoms with E-state index in [1.165, 1.54) is 173 Å². The molecule has 0 aliphatic carbocycles. The van der Waals surface area contributed by atoms with Crippen molar-refractivity contribution < 1.29 is 32.9 Å². The van der Waals surface area contributed by atoms with Gasteiger partial charge in [-0.1, -0.05) is 219 Å². The maximum absolute atomic E-state index is 12.9. The third-order valence-electron chi connectivity index (χ3n) is 11.1. The van der Waals surface area contributed by atoms with Crippen LogP contribution in [-0.4, -0.2) is 73.4 Å². The molecule has 1 amide bonds. The van der Waals surface area contributed by atoms with Crippen LogP contribution in [0.3, 0.4) is 0 Å². The van der Waals surface area contributed by atoms with E-state index in [2.05, 4.69) is 19.2 Å². The van der Waals surface area contributed by atoms with E-state index in [4.69, 9.17) is 9.05 Å². The van der Waals surface area contributed by atoms with Crippen LogP contribution in [0.5, 0.6) is 0 Å².